The maximum Gasteiger partial charge on any atom is 0.416 e. The average molecular weight is 532 g/mol. The molecule has 1 aromatic heterocycles. The quantitative estimate of drug-likeness (QED) is 0.364. The summed E-state index contributed by atoms with van der Waals surface area (Å²) in [7, 11) is 1.53. The summed E-state index contributed by atoms with van der Waals surface area (Å²) in [5.41, 5.74) is -0.309. The van der Waals surface area contributed by atoms with Crippen LogP contribution in [-0.2, 0) is 11.0 Å². The van der Waals surface area contributed by atoms with Gasteiger partial charge in [0.25, 0.3) is 5.91 Å². The van der Waals surface area contributed by atoms with E-state index in [9.17, 15) is 31.9 Å². The number of H-pyrrole nitrogens is 1. The van der Waals surface area contributed by atoms with Crippen molar-refractivity contribution < 1.29 is 36.7 Å². The number of ketones is 1. The molecular weight excluding hydrogens is 508 g/mol. The summed E-state index contributed by atoms with van der Waals surface area (Å²) in [5.74, 6) is -1.93. The molecule has 38 heavy (non-hydrogen) atoms. The summed E-state index contributed by atoms with van der Waals surface area (Å²) < 4.78 is 58.3. The van der Waals surface area contributed by atoms with Crippen LogP contribution in [0.1, 0.15) is 39.3 Å². The maximum atomic E-state index is 14.1. The summed E-state index contributed by atoms with van der Waals surface area (Å²) in [6, 6.07) is 10.5. The summed E-state index contributed by atoms with van der Waals surface area (Å²) in [6.07, 6.45) is -4.85. The zero-order valence-corrected chi connectivity index (χ0v) is 20.3. The van der Waals surface area contributed by atoms with Crippen molar-refractivity contribution in [3.8, 4) is 17.0 Å². The highest BCUT2D eigenvalue weighted by Crippen LogP contribution is 2.31. The first-order valence-electron chi connectivity index (χ1n) is 11.7. The number of benzene rings is 2. The Labute approximate surface area is 215 Å². The number of carbonyl (C=O) groups excluding carboxylic acids is 3. The molecule has 0 unspecified atom stereocenters. The molecule has 3 aromatic rings. The molecule has 0 aliphatic carbocycles. The van der Waals surface area contributed by atoms with Gasteiger partial charge in [0.15, 0.2) is 5.78 Å². The number of halogens is 4. The molecule has 1 saturated heterocycles. The first-order chi connectivity index (χ1) is 18.1. The van der Waals surface area contributed by atoms with Crippen LogP contribution in [0.5, 0.6) is 5.75 Å². The number of Topliss-reactive ketones (excluding diaryl/α,β-unsaturated/α-hetero) is 1. The minimum Gasteiger partial charge on any atom is -0.496 e. The molecule has 0 bridgehead atoms. The smallest absolute Gasteiger partial charge is 0.416 e. The van der Waals surface area contributed by atoms with Gasteiger partial charge >= 0.3 is 6.18 Å². The fourth-order valence-corrected chi connectivity index (χ4v) is 4.17. The summed E-state index contributed by atoms with van der Waals surface area (Å²) >= 11 is 0. The van der Waals surface area contributed by atoms with Gasteiger partial charge in [-0.05, 0) is 36.4 Å². The number of alkyl halides is 3. The Morgan fingerprint density at radius 3 is 2.34 bits per heavy atom. The molecule has 0 saturated carbocycles. The van der Waals surface area contributed by atoms with Crippen molar-refractivity contribution in [2.24, 2.45) is 0 Å². The highest BCUT2D eigenvalue weighted by atomic mass is 19.4. The number of aromatic amines is 1. The molecule has 0 spiro atoms. The molecule has 1 fully saturated rings. The van der Waals surface area contributed by atoms with E-state index in [0.717, 1.165) is 0 Å². The van der Waals surface area contributed by atoms with Crippen LogP contribution >= 0.6 is 0 Å². The second kappa shape index (κ2) is 11.0. The van der Waals surface area contributed by atoms with E-state index in [0.29, 0.717) is 35.2 Å². The number of ether oxygens (including phenoxy) is 1. The molecule has 2 heterocycles. The lowest BCUT2D eigenvalue weighted by molar-refractivity contribution is -0.137. The summed E-state index contributed by atoms with van der Waals surface area (Å²) in [5, 5.41) is 6.85. The van der Waals surface area contributed by atoms with Crippen molar-refractivity contribution in [1.82, 2.24) is 20.0 Å². The van der Waals surface area contributed by atoms with E-state index in [1.165, 1.54) is 16.9 Å². The summed E-state index contributed by atoms with van der Waals surface area (Å²) in [6.45, 7) is 0.275. The molecule has 0 radical (unpaired) electrons. The first-order valence-corrected chi connectivity index (χ1v) is 11.7. The predicted octanol–water partition coefficient (Wildman–Crippen LogP) is 4.19. The lowest BCUT2D eigenvalue weighted by atomic mass is 10.1. The van der Waals surface area contributed by atoms with Crippen LogP contribution in [-0.4, -0.2) is 70.9 Å². The number of nitrogens with one attached hydrogen (secondary N) is 1. The van der Waals surface area contributed by atoms with Crippen molar-refractivity contribution in [1.29, 1.82) is 0 Å². The van der Waals surface area contributed by atoms with Crippen LogP contribution in [0, 0.1) is 5.82 Å². The molecule has 2 amide bonds. The minimum absolute atomic E-state index is 0.0248. The monoisotopic (exact) mass is 532 g/mol. The van der Waals surface area contributed by atoms with Crippen molar-refractivity contribution >= 4 is 17.6 Å². The van der Waals surface area contributed by atoms with Crippen LogP contribution in [0.2, 0.25) is 0 Å². The molecule has 2 aromatic carbocycles. The van der Waals surface area contributed by atoms with Gasteiger partial charge in [0.1, 0.15) is 17.3 Å². The van der Waals surface area contributed by atoms with Gasteiger partial charge in [0.2, 0.25) is 5.91 Å². The van der Waals surface area contributed by atoms with Gasteiger partial charge in [0.05, 0.1) is 23.9 Å². The first kappa shape index (κ1) is 26.8. The molecule has 8 nitrogen and oxygen atoms in total. The molecule has 12 heteroatoms. The fourth-order valence-electron chi connectivity index (χ4n) is 4.17. The second-order valence-electron chi connectivity index (χ2n) is 8.66. The van der Waals surface area contributed by atoms with E-state index in [4.69, 9.17) is 4.74 Å². The van der Waals surface area contributed by atoms with E-state index < -0.39 is 29.0 Å². The van der Waals surface area contributed by atoms with Crippen molar-refractivity contribution in [2.75, 3.05) is 33.3 Å². The Kier molecular flexibility index (Phi) is 7.79. The van der Waals surface area contributed by atoms with Gasteiger partial charge in [0, 0.05) is 44.6 Å². The van der Waals surface area contributed by atoms with Gasteiger partial charge in [-0.1, -0.05) is 12.1 Å². The van der Waals surface area contributed by atoms with Crippen LogP contribution in [0.25, 0.3) is 11.3 Å². The lowest BCUT2D eigenvalue weighted by Crippen LogP contribution is -2.50. The number of amides is 2. The number of hydrogen-bond donors (Lipinski definition) is 1. The number of methoxy groups -OCH3 is 1. The third-order valence-corrected chi connectivity index (χ3v) is 6.27. The van der Waals surface area contributed by atoms with E-state index in [-0.39, 0.29) is 56.4 Å². The lowest BCUT2D eigenvalue weighted by Gasteiger charge is -2.35. The number of carbonyl (C=O) groups is 3. The molecule has 1 aliphatic heterocycles. The Morgan fingerprint density at radius 2 is 1.66 bits per heavy atom. The largest absolute Gasteiger partial charge is 0.496 e. The molecule has 200 valence electrons. The normalized spacial score (nSPS) is 13.9. The Balaban J connectivity index is 1.30. The third kappa shape index (κ3) is 5.84. The SMILES string of the molecule is COc1ccccc1-c1cc(C(=O)CCC(=O)N2CCN(C(=O)c3cc(C(F)(F)F)ccc3F)CC2)[nH]n1. The van der Waals surface area contributed by atoms with E-state index in [1.54, 1.807) is 18.2 Å². The number of nitrogens with zero attached hydrogens (tertiary/aromatic N) is 3. The Hall–Kier alpha value is -4.22. The fraction of sp³-hybridized carbons (Fsp3) is 0.308. The Bertz CT molecular complexity index is 1350. The standard InChI is InChI=1S/C26H24F4N4O4/c1-38-23-5-3-2-4-17(23)20-15-21(32-31-20)22(35)8-9-24(36)33-10-12-34(13-11-33)25(37)18-14-16(26(28,29)30)6-7-19(18)27/h2-7,14-15H,8-13H2,1H3,(H,31,32). The van der Waals surface area contributed by atoms with Crippen LogP contribution in [0.4, 0.5) is 17.6 Å². The molecule has 1 N–H and O–H groups in total. The molecular formula is C26H24F4N4O4. The van der Waals surface area contributed by atoms with Crippen LogP contribution in [0.3, 0.4) is 0 Å². The van der Waals surface area contributed by atoms with E-state index in [2.05, 4.69) is 10.2 Å². The number of para-hydroxylation sites is 1. The van der Waals surface area contributed by atoms with Crippen molar-refractivity contribution in [2.45, 2.75) is 19.0 Å². The van der Waals surface area contributed by atoms with Gasteiger partial charge in [-0.3, -0.25) is 19.5 Å². The van der Waals surface area contributed by atoms with Gasteiger partial charge in [-0.2, -0.15) is 18.3 Å². The van der Waals surface area contributed by atoms with Crippen LogP contribution in [0.15, 0.2) is 48.5 Å². The molecule has 0 atom stereocenters. The highest BCUT2D eigenvalue weighted by Gasteiger charge is 2.33. The number of aromatic nitrogens is 2. The van der Waals surface area contributed by atoms with Gasteiger partial charge < -0.3 is 14.5 Å². The third-order valence-electron chi connectivity index (χ3n) is 6.27. The zero-order valence-electron chi connectivity index (χ0n) is 20.3. The maximum absolute atomic E-state index is 14.1. The van der Waals surface area contributed by atoms with E-state index in [1.807, 2.05) is 12.1 Å². The van der Waals surface area contributed by atoms with Gasteiger partial charge in [-0.15, -0.1) is 0 Å². The van der Waals surface area contributed by atoms with E-state index >= 15 is 0 Å². The highest BCUT2D eigenvalue weighted by molar-refractivity contribution is 5.97. The number of rotatable bonds is 7. The van der Waals surface area contributed by atoms with Gasteiger partial charge in [-0.25, -0.2) is 4.39 Å². The molecule has 1 aliphatic rings. The molecule has 4 rings (SSSR count). The Morgan fingerprint density at radius 1 is 0.974 bits per heavy atom. The topological polar surface area (TPSA) is 95.6 Å². The number of piperazine rings is 1. The summed E-state index contributed by atoms with van der Waals surface area (Å²) in [4.78, 5) is 40.6. The predicted molar refractivity (Wildman–Crippen MR) is 128 cm³/mol. The minimum atomic E-state index is -4.71. The van der Waals surface area contributed by atoms with Crippen molar-refractivity contribution in [3.63, 3.8) is 0 Å². The zero-order chi connectivity index (χ0) is 27.4. The van der Waals surface area contributed by atoms with Crippen LogP contribution < -0.4 is 4.74 Å². The van der Waals surface area contributed by atoms with Crippen molar-refractivity contribution in [3.05, 3.63) is 71.2 Å². The second-order valence-corrected chi connectivity index (χ2v) is 8.66. The average Bonchev–Trinajstić information content (AvgIpc) is 3.41. The number of hydrogen-bond acceptors (Lipinski definition) is 5.